The van der Waals surface area contributed by atoms with Crippen molar-refractivity contribution in [3.05, 3.63) is 45.9 Å². The van der Waals surface area contributed by atoms with Gasteiger partial charge >= 0.3 is 0 Å². The second-order valence-electron chi connectivity index (χ2n) is 6.24. The van der Waals surface area contributed by atoms with Crippen molar-refractivity contribution in [1.29, 1.82) is 0 Å². The van der Waals surface area contributed by atoms with Crippen LogP contribution >= 0.6 is 23.1 Å². The van der Waals surface area contributed by atoms with Gasteiger partial charge in [0.1, 0.15) is 0 Å². The van der Waals surface area contributed by atoms with Crippen molar-refractivity contribution in [3.8, 4) is 0 Å². The second kappa shape index (κ2) is 7.20. The van der Waals surface area contributed by atoms with Gasteiger partial charge in [0, 0.05) is 5.56 Å². The van der Waals surface area contributed by atoms with Gasteiger partial charge in [0.2, 0.25) is 5.91 Å². The Kier molecular flexibility index (Phi) is 4.78. The number of carbonyl (C=O) groups is 1. The minimum absolute atomic E-state index is 0.0732. The van der Waals surface area contributed by atoms with Gasteiger partial charge in [0.05, 0.1) is 21.2 Å². The molecule has 1 aliphatic carbocycles. The van der Waals surface area contributed by atoms with Gasteiger partial charge in [-0.2, -0.15) is 0 Å². The molecular formula is C18H18N4O2S2. The predicted octanol–water partition coefficient (Wildman–Crippen LogP) is 3.38. The summed E-state index contributed by atoms with van der Waals surface area (Å²) in [5.74, 6) is -0.158. The van der Waals surface area contributed by atoms with E-state index in [1.807, 2.05) is 24.3 Å². The number of thiazole rings is 1. The first-order valence-electron chi connectivity index (χ1n) is 8.55. The SMILES string of the molecule is C[C@H](Sc1nc2c(c(=O)[nH]1)CCCC2)C(=O)Nc1nc2ccccc2s1. The van der Waals surface area contributed by atoms with Crippen LogP contribution < -0.4 is 10.9 Å². The minimum atomic E-state index is -0.396. The van der Waals surface area contributed by atoms with Crippen molar-refractivity contribution in [3.63, 3.8) is 0 Å². The summed E-state index contributed by atoms with van der Waals surface area (Å²) >= 11 is 2.71. The number of carbonyl (C=O) groups excluding carboxylic acids is 1. The van der Waals surface area contributed by atoms with E-state index < -0.39 is 5.25 Å². The Hall–Kier alpha value is -2.19. The number of aromatic amines is 1. The van der Waals surface area contributed by atoms with Gasteiger partial charge in [0.15, 0.2) is 10.3 Å². The van der Waals surface area contributed by atoms with Gasteiger partial charge in [0.25, 0.3) is 5.56 Å². The highest BCUT2D eigenvalue weighted by Crippen LogP contribution is 2.27. The van der Waals surface area contributed by atoms with E-state index in [9.17, 15) is 9.59 Å². The molecule has 4 rings (SSSR count). The lowest BCUT2D eigenvalue weighted by Gasteiger charge is -2.15. The van der Waals surface area contributed by atoms with Crippen LogP contribution in [0.4, 0.5) is 5.13 Å². The molecule has 0 aliphatic heterocycles. The number of aryl methyl sites for hydroxylation is 1. The van der Waals surface area contributed by atoms with E-state index in [4.69, 9.17) is 0 Å². The summed E-state index contributed by atoms with van der Waals surface area (Å²) in [5, 5.41) is 3.54. The van der Waals surface area contributed by atoms with Crippen molar-refractivity contribution in [2.24, 2.45) is 0 Å². The van der Waals surface area contributed by atoms with E-state index in [2.05, 4.69) is 20.3 Å². The third-order valence-corrected chi connectivity index (χ3v) is 6.29. The van der Waals surface area contributed by atoms with Crippen LogP contribution in [0.1, 0.15) is 31.0 Å². The summed E-state index contributed by atoms with van der Waals surface area (Å²) in [4.78, 5) is 36.5. The lowest BCUT2D eigenvalue weighted by molar-refractivity contribution is -0.115. The maximum Gasteiger partial charge on any atom is 0.254 e. The Labute approximate surface area is 158 Å². The molecule has 2 N–H and O–H groups in total. The van der Waals surface area contributed by atoms with Crippen LogP contribution in [-0.4, -0.2) is 26.1 Å². The molecule has 0 bridgehead atoms. The molecule has 1 aromatic carbocycles. The topological polar surface area (TPSA) is 87.7 Å². The average Bonchev–Trinajstić information content (AvgIpc) is 3.04. The van der Waals surface area contributed by atoms with E-state index in [0.717, 1.165) is 47.2 Å². The molecule has 26 heavy (non-hydrogen) atoms. The lowest BCUT2D eigenvalue weighted by Crippen LogP contribution is -2.25. The van der Waals surface area contributed by atoms with Gasteiger partial charge in [-0.1, -0.05) is 35.2 Å². The molecule has 3 aromatic rings. The maximum atomic E-state index is 12.5. The number of hydrogen-bond acceptors (Lipinski definition) is 6. The zero-order valence-electron chi connectivity index (χ0n) is 14.2. The first kappa shape index (κ1) is 17.2. The van der Waals surface area contributed by atoms with Gasteiger partial charge in [-0.25, -0.2) is 9.97 Å². The monoisotopic (exact) mass is 386 g/mol. The maximum absolute atomic E-state index is 12.5. The number of thioether (sulfide) groups is 1. The molecule has 0 unspecified atom stereocenters. The van der Waals surface area contributed by atoms with Crippen LogP contribution in [0.2, 0.25) is 0 Å². The smallest absolute Gasteiger partial charge is 0.254 e. The summed E-state index contributed by atoms with van der Waals surface area (Å²) in [6, 6.07) is 7.76. The van der Waals surface area contributed by atoms with Gasteiger partial charge in [-0.05, 0) is 44.7 Å². The summed E-state index contributed by atoms with van der Waals surface area (Å²) in [7, 11) is 0. The number of H-pyrrole nitrogens is 1. The van der Waals surface area contributed by atoms with Gasteiger partial charge < -0.3 is 10.3 Å². The molecule has 0 fully saturated rings. The molecule has 1 atom stereocenters. The Balaban J connectivity index is 1.47. The number of aromatic nitrogens is 3. The highest BCUT2D eigenvalue weighted by molar-refractivity contribution is 8.00. The van der Waals surface area contributed by atoms with Crippen LogP contribution in [0.25, 0.3) is 10.2 Å². The number of rotatable bonds is 4. The average molecular weight is 387 g/mol. The number of amides is 1. The Morgan fingerprint density at radius 3 is 2.92 bits per heavy atom. The van der Waals surface area contributed by atoms with Crippen molar-refractivity contribution in [2.45, 2.75) is 43.0 Å². The number of nitrogens with zero attached hydrogens (tertiary/aromatic N) is 2. The Morgan fingerprint density at radius 1 is 1.27 bits per heavy atom. The normalized spacial score (nSPS) is 14.8. The fourth-order valence-corrected chi connectivity index (χ4v) is 4.67. The molecule has 1 amide bonds. The van der Waals surface area contributed by atoms with Crippen LogP contribution in [-0.2, 0) is 17.6 Å². The standard InChI is InChI=1S/C18H18N4O2S2/c1-10(15(23)21-18-20-13-8-4-5-9-14(13)26-18)25-17-19-12-7-3-2-6-11(12)16(24)22-17/h4-5,8-10H,2-3,6-7H2,1H3,(H,19,22,24)(H,20,21,23)/t10-/m0/s1. The van der Waals surface area contributed by atoms with E-state index in [1.165, 1.54) is 23.1 Å². The van der Waals surface area contributed by atoms with E-state index in [1.54, 1.807) is 6.92 Å². The Bertz CT molecular complexity index is 994. The number of anilines is 1. The summed E-state index contributed by atoms with van der Waals surface area (Å²) in [6.07, 6.45) is 3.71. The number of nitrogens with one attached hydrogen (secondary N) is 2. The predicted molar refractivity (Wildman–Crippen MR) is 105 cm³/mol. The first-order chi connectivity index (χ1) is 12.6. The molecule has 6 nitrogen and oxygen atoms in total. The fourth-order valence-electron chi connectivity index (χ4n) is 2.99. The third-order valence-electron chi connectivity index (χ3n) is 4.35. The van der Waals surface area contributed by atoms with Crippen LogP contribution in [0.3, 0.4) is 0 Å². The number of hydrogen-bond donors (Lipinski definition) is 2. The molecule has 8 heteroatoms. The van der Waals surface area contributed by atoms with Crippen molar-refractivity contribution in [1.82, 2.24) is 15.0 Å². The van der Waals surface area contributed by atoms with Gasteiger partial charge in [-0.3, -0.25) is 9.59 Å². The number of para-hydroxylation sites is 1. The zero-order chi connectivity index (χ0) is 18.1. The van der Waals surface area contributed by atoms with Crippen molar-refractivity contribution < 1.29 is 4.79 Å². The molecular weight excluding hydrogens is 368 g/mol. The van der Waals surface area contributed by atoms with E-state index in [-0.39, 0.29) is 11.5 Å². The fraction of sp³-hybridized carbons (Fsp3) is 0.333. The number of benzene rings is 1. The number of fused-ring (bicyclic) bond motifs is 2. The van der Waals surface area contributed by atoms with Gasteiger partial charge in [-0.15, -0.1) is 0 Å². The molecule has 0 saturated heterocycles. The summed E-state index contributed by atoms with van der Waals surface area (Å²) in [6.45, 7) is 1.80. The van der Waals surface area contributed by atoms with Crippen LogP contribution in [0.5, 0.6) is 0 Å². The molecule has 0 saturated carbocycles. The summed E-state index contributed by atoms with van der Waals surface area (Å²) in [5.41, 5.74) is 2.47. The van der Waals surface area contributed by atoms with Crippen molar-refractivity contribution in [2.75, 3.05) is 5.32 Å². The minimum Gasteiger partial charge on any atom is -0.301 e. The highest BCUT2D eigenvalue weighted by atomic mass is 32.2. The molecule has 0 radical (unpaired) electrons. The molecule has 2 heterocycles. The molecule has 1 aliphatic rings. The first-order valence-corrected chi connectivity index (χ1v) is 10.2. The Morgan fingerprint density at radius 2 is 2.08 bits per heavy atom. The zero-order valence-corrected chi connectivity index (χ0v) is 15.9. The lowest BCUT2D eigenvalue weighted by atomic mass is 9.97. The molecule has 0 spiro atoms. The van der Waals surface area contributed by atoms with Crippen LogP contribution in [0, 0.1) is 0 Å². The third kappa shape index (κ3) is 3.52. The summed E-state index contributed by atoms with van der Waals surface area (Å²) < 4.78 is 1.03. The van der Waals surface area contributed by atoms with E-state index in [0.29, 0.717) is 10.3 Å². The van der Waals surface area contributed by atoms with E-state index >= 15 is 0 Å². The largest absolute Gasteiger partial charge is 0.301 e. The molecule has 134 valence electrons. The quantitative estimate of drug-likeness (QED) is 0.530. The van der Waals surface area contributed by atoms with Crippen LogP contribution in [0.15, 0.2) is 34.2 Å². The van der Waals surface area contributed by atoms with Crippen molar-refractivity contribution >= 4 is 44.4 Å². The second-order valence-corrected chi connectivity index (χ2v) is 8.60. The molecule has 2 aromatic heterocycles. The highest BCUT2D eigenvalue weighted by Gasteiger charge is 2.20.